The average Bonchev–Trinajstić information content (AvgIpc) is 2.41. The molecule has 1 aromatic carbocycles. The van der Waals surface area contributed by atoms with Crippen LogP contribution in [0.5, 0.6) is 0 Å². The largest absolute Gasteiger partial charge is 0.481 e. The Morgan fingerprint density at radius 3 is 2.14 bits per heavy atom. The van der Waals surface area contributed by atoms with Crippen LogP contribution in [0.15, 0.2) is 24.3 Å². The van der Waals surface area contributed by atoms with Crippen molar-refractivity contribution in [3.63, 3.8) is 0 Å². The van der Waals surface area contributed by atoms with Crippen molar-refractivity contribution in [2.75, 3.05) is 13.1 Å². The second-order valence-corrected chi connectivity index (χ2v) is 4.51. The highest BCUT2D eigenvalue weighted by molar-refractivity contribution is 5.94. The lowest BCUT2D eigenvalue weighted by Crippen LogP contribution is -2.33. The van der Waals surface area contributed by atoms with Crippen LogP contribution in [0.25, 0.3) is 0 Å². The van der Waals surface area contributed by atoms with Gasteiger partial charge in [-0.1, -0.05) is 6.92 Å². The standard InChI is InChI=1S/C14H16F3NO3/c1-2-8-18(9-7-12(19)20)13(21)10-3-5-11(6-4-10)14(15,16)17/h3-6H,2,7-9H2,1H3,(H,19,20). The van der Waals surface area contributed by atoms with Gasteiger partial charge in [-0.15, -0.1) is 0 Å². The number of carboxylic acids is 1. The fraction of sp³-hybridized carbons (Fsp3) is 0.429. The first-order valence-electron chi connectivity index (χ1n) is 6.44. The predicted molar refractivity (Wildman–Crippen MR) is 69.9 cm³/mol. The van der Waals surface area contributed by atoms with Gasteiger partial charge in [-0.2, -0.15) is 13.2 Å². The van der Waals surface area contributed by atoms with Gasteiger partial charge in [0.1, 0.15) is 0 Å². The van der Waals surface area contributed by atoms with Crippen molar-refractivity contribution >= 4 is 11.9 Å². The molecule has 1 aromatic rings. The highest BCUT2D eigenvalue weighted by Crippen LogP contribution is 2.29. The molecule has 0 atom stereocenters. The van der Waals surface area contributed by atoms with Crippen molar-refractivity contribution in [1.29, 1.82) is 0 Å². The van der Waals surface area contributed by atoms with Crippen LogP contribution in [-0.2, 0) is 11.0 Å². The van der Waals surface area contributed by atoms with Crippen molar-refractivity contribution in [3.8, 4) is 0 Å². The third kappa shape index (κ3) is 5.09. The Morgan fingerprint density at radius 2 is 1.71 bits per heavy atom. The van der Waals surface area contributed by atoms with Crippen LogP contribution in [-0.4, -0.2) is 35.0 Å². The van der Waals surface area contributed by atoms with E-state index in [4.69, 9.17) is 5.11 Å². The van der Waals surface area contributed by atoms with E-state index in [9.17, 15) is 22.8 Å². The first kappa shape index (κ1) is 17.0. The number of hydrogen-bond donors (Lipinski definition) is 1. The van der Waals surface area contributed by atoms with E-state index in [0.717, 1.165) is 24.3 Å². The van der Waals surface area contributed by atoms with Gasteiger partial charge in [0.05, 0.1) is 12.0 Å². The van der Waals surface area contributed by atoms with Gasteiger partial charge in [0, 0.05) is 18.7 Å². The van der Waals surface area contributed by atoms with Gasteiger partial charge in [-0.3, -0.25) is 9.59 Å². The molecular weight excluding hydrogens is 287 g/mol. The van der Waals surface area contributed by atoms with Gasteiger partial charge in [0.2, 0.25) is 0 Å². The summed E-state index contributed by atoms with van der Waals surface area (Å²) in [6.07, 6.45) is -4.02. The fourth-order valence-electron chi connectivity index (χ4n) is 1.80. The molecule has 1 N–H and O–H groups in total. The molecule has 0 unspecified atom stereocenters. The first-order valence-corrected chi connectivity index (χ1v) is 6.44. The molecule has 4 nitrogen and oxygen atoms in total. The van der Waals surface area contributed by atoms with Crippen molar-refractivity contribution < 1.29 is 27.9 Å². The number of carboxylic acid groups (broad SMARTS) is 1. The maximum Gasteiger partial charge on any atom is 0.416 e. The maximum atomic E-state index is 12.4. The predicted octanol–water partition coefficient (Wildman–Crippen LogP) is 3.03. The molecule has 1 amide bonds. The van der Waals surface area contributed by atoms with Crippen molar-refractivity contribution in [2.45, 2.75) is 25.9 Å². The number of halogens is 3. The zero-order valence-corrected chi connectivity index (χ0v) is 11.5. The maximum absolute atomic E-state index is 12.4. The summed E-state index contributed by atoms with van der Waals surface area (Å²) in [4.78, 5) is 24.0. The van der Waals surface area contributed by atoms with Gasteiger partial charge >= 0.3 is 12.1 Å². The van der Waals surface area contributed by atoms with Crippen molar-refractivity contribution in [1.82, 2.24) is 4.90 Å². The van der Waals surface area contributed by atoms with E-state index < -0.39 is 23.6 Å². The third-order valence-corrected chi connectivity index (χ3v) is 2.84. The summed E-state index contributed by atoms with van der Waals surface area (Å²) in [5.74, 6) is -1.50. The van der Waals surface area contributed by atoms with Gasteiger partial charge in [-0.25, -0.2) is 0 Å². The number of rotatable bonds is 6. The Bertz CT molecular complexity index is 497. The summed E-state index contributed by atoms with van der Waals surface area (Å²) in [6.45, 7) is 2.21. The molecule has 7 heteroatoms. The summed E-state index contributed by atoms with van der Waals surface area (Å²) in [6, 6.07) is 3.90. The molecule has 21 heavy (non-hydrogen) atoms. The molecular formula is C14H16F3NO3. The summed E-state index contributed by atoms with van der Waals surface area (Å²) in [5, 5.41) is 8.65. The smallest absolute Gasteiger partial charge is 0.416 e. The van der Waals surface area contributed by atoms with Gasteiger partial charge in [0.15, 0.2) is 0 Å². The highest BCUT2D eigenvalue weighted by Gasteiger charge is 2.30. The molecule has 0 heterocycles. The number of amides is 1. The zero-order chi connectivity index (χ0) is 16.0. The number of hydrogen-bond acceptors (Lipinski definition) is 2. The first-order chi connectivity index (χ1) is 9.75. The van der Waals surface area contributed by atoms with Gasteiger partial charge < -0.3 is 10.0 Å². The summed E-state index contributed by atoms with van der Waals surface area (Å²) < 4.78 is 37.3. The van der Waals surface area contributed by atoms with Crippen LogP contribution >= 0.6 is 0 Å². The van der Waals surface area contributed by atoms with Gasteiger partial charge in [-0.05, 0) is 30.7 Å². The Kier molecular flexibility index (Phi) is 5.75. The van der Waals surface area contributed by atoms with E-state index in [-0.39, 0.29) is 18.5 Å². The van der Waals surface area contributed by atoms with E-state index in [1.165, 1.54) is 4.90 Å². The van der Waals surface area contributed by atoms with Crippen molar-refractivity contribution in [2.24, 2.45) is 0 Å². The zero-order valence-electron chi connectivity index (χ0n) is 11.5. The Labute approximate surface area is 120 Å². The van der Waals surface area contributed by atoms with Crippen LogP contribution in [0, 0.1) is 0 Å². The molecule has 0 fully saturated rings. The minimum absolute atomic E-state index is 0.0308. The van der Waals surface area contributed by atoms with E-state index in [0.29, 0.717) is 13.0 Å². The summed E-state index contributed by atoms with van der Waals surface area (Å²) >= 11 is 0. The number of nitrogens with zero attached hydrogens (tertiary/aromatic N) is 1. The lowest BCUT2D eigenvalue weighted by molar-refractivity contribution is -0.138. The van der Waals surface area contributed by atoms with E-state index in [1.807, 2.05) is 6.92 Å². The lowest BCUT2D eigenvalue weighted by atomic mass is 10.1. The quantitative estimate of drug-likeness (QED) is 0.879. The molecule has 0 aliphatic carbocycles. The minimum Gasteiger partial charge on any atom is -0.481 e. The van der Waals surface area contributed by atoms with E-state index in [1.54, 1.807) is 0 Å². The molecule has 0 saturated carbocycles. The second kappa shape index (κ2) is 7.10. The molecule has 0 aliphatic heterocycles. The number of aliphatic carboxylic acids is 1. The number of carbonyl (C=O) groups is 2. The number of benzene rings is 1. The molecule has 1 rings (SSSR count). The van der Waals surface area contributed by atoms with Crippen molar-refractivity contribution in [3.05, 3.63) is 35.4 Å². The monoisotopic (exact) mass is 303 g/mol. The van der Waals surface area contributed by atoms with Crippen LogP contribution in [0.3, 0.4) is 0 Å². The minimum atomic E-state index is -4.45. The Morgan fingerprint density at radius 1 is 1.14 bits per heavy atom. The number of alkyl halides is 3. The van der Waals surface area contributed by atoms with Crippen LogP contribution in [0.1, 0.15) is 35.7 Å². The molecule has 0 bridgehead atoms. The average molecular weight is 303 g/mol. The number of carbonyl (C=O) groups excluding carboxylic acids is 1. The van der Waals surface area contributed by atoms with E-state index in [2.05, 4.69) is 0 Å². The molecule has 0 spiro atoms. The third-order valence-electron chi connectivity index (χ3n) is 2.84. The molecule has 0 saturated heterocycles. The SMILES string of the molecule is CCCN(CCC(=O)O)C(=O)c1ccc(C(F)(F)F)cc1. The normalized spacial score (nSPS) is 11.2. The topological polar surface area (TPSA) is 57.6 Å². The lowest BCUT2D eigenvalue weighted by Gasteiger charge is -2.21. The second-order valence-electron chi connectivity index (χ2n) is 4.51. The van der Waals surface area contributed by atoms with Crippen LogP contribution in [0.2, 0.25) is 0 Å². The molecule has 0 radical (unpaired) electrons. The van der Waals surface area contributed by atoms with Gasteiger partial charge in [0.25, 0.3) is 5.91 Å². The Balaban J connectivity index is 2.85. The Hall–Kier alpha value is -2.05. The van der Waals surface area contributed by atoms with E-state index >= 15 is 0 Å². The fourth-order valence-corrected chi connectivity index (χ4v) is 1.80. The molecule has 116 valence electrons. The molecule has 0 aromatic heterocycles. The van der Waals surface area contributed by atoms with Crippen LogP contribution < -0.4 is 0 Å². The van der Waals surface area contributed by atoms with Crippen LogP contribution in [0.4, 0.5) is 13.2 Å². The summed E-state index contributed by atoms with van der Waals surface area (Å²) in [5.41, 5.74) is -0.714. The molecule has 0 aliphatic rings. The highest BCUT2D eigenvalue weighted by atomic mass is 19.4. The summed E-state index contributed by atoms with van der Waals surface area (Å²) in [7, 11) is 0.